The van der Waals surface area contributed by atoms with Crippen LogP contribution in [-0.2, 0) is 6.54 Å². The number of primary amides is 1. The minimum absolute atomic E-state index is 0.111. The Morgan fingerprint density at radius 2 is 2.04 bits per heavy atom. The Morgan fingerprint density at radius 1 is 1.23 bits per heavy atom. The van der Waals surface area contributed by atoms with E-state index in [4.69, 9.17) is 5.73 Å². The van der Waals surface area contributed by atoms with Crippen molar-refractivity contribution < 1.29 is 9.18 Å². The Bertz CT molecular complexity index is 938. The van der Waals surface area contributed by atoms with Gasteiger partial charge >= 0.3 is 0 Å². The molecule has 2 aromatic carbocycles. The lowest BCUT2D eigenvalue weighted by atomic mass is 10.0. The highest BCUT2D eigenvalue weighted by Crippen LogP contribution is 2.32. The molecule has 1 aromatic heterocycles. The second-order valence-corrected chi connectivity index (χ2v) is 6.77. The van der Waals surface area contributed by atoms with Gasteiger partial charge in [-0.25, -0.2) is 9.37 Å². The van der Waals surface area contributed by atoms with Crippen LogP contribution in [0.1, 0.15) is 47.1 Å². The highest BCUT2D eigenvalue weighted by molar-refractivity contribution is 6.04. The van der Waals surface area contributed by atoms with Crippen LogP contribution in [0.15, 0.2) is 42.5 Å². The molecule has 3 N–H and O–H groups in total. The molecule has 0 saturated carbocycles. The summed E-state index contributed by atoms with van der Waals surface area (Å²) in [7, 11) is 0. The van der Waals surface area contributed by atoms with Crippen LogP contribution in [-0.4, -0.2) is 27.3 Å². The van der Waals surface area contributed by atoms with E-state index in [-0.39, 0.29) is 11.6 Å². The fourth-order valence-electron chi connectivity index (χ4n) is 3.77. The molecule has 26 heavy (non-hydrogen) atoms. The van der Waals surface area contributed by atoms with Gasteiger partial charge in [-0.2, -0.15) is 0 Å². The predicted molar refractivity (Wildman–Crippen MR) is 98.0 cm³/mol. The fraction of sp³-hybridized carbons (Fsp3) is 0.300. The first-order valence-corrected chi connectivity index (χ1v) is 8.89. The molecule has 134 valence electrons. The van der Waals surface area contributed by atoms with Crippen LogP contribution < -0.4 is 5.73 Å². The molecule has 1 aliphatic heterocycles. The molecule has 6 heteroatoms. The number of aromatic amines is 1. The number of halogens is 1. The number of benzene rings is 2. The number of carbonyl (C=O) groups excluding carboxylic acids is 1. The number of fused-ring (bicyclic) bond motifs is 1. The number of imidazole rings is 1. The Labute approximate surface area is 151 Å². The van der Waals surface area contributed by atoms with E-state index >= 15 is 0 Å². The van der Waals surface area contributed by atoms with E-state index in [2.05, 4.69) is 27.0 Å². The minimum atomic E-state index is -0.795. The zero-order valence-electron chi connectivity index (χ0n) is 14.4. The fourth-order valence-corrected chi connectivity index (χ4v) is 3.77. The topological polar surface area (TPSA) is 75.0 Å². The SMILES string of the molecule is NC(=O)c1c(F)ccc2[nH]c(C3CCCCN3Cc3ccccc3)nc12. The van der Waals surface area contributed by atoms with Gasteiger partial charge in [0.15, 0.2) is 0 Å². The zero-order valence-corrected chi connectivity index (χ0v) is 14.4. The molecule has 0 aliphatic carbocycles. The van der Waals surface area contributed by atoms with E-state index in [0.717, 1.165) is 38.2 Å². The molecule has 2 heterocycles. The quantitative estimate of drug-likeness (QED) is 0.754. The van der Waals surface area contributed by atoms with Crippen molar-refractivity contribution in [2.24, 2.45) is 5.73 Å². The standard InChI is InChI=1S/C20H21FN4O/c21-14-9-10-15-18(17(14)19(22)26)24-20(23-15)16-8-4-5-11-25(16)12-13-6-2-1-3-7-13/h1-3,6-7,9-10,16H,4-5,8,11-12H2,(H2,22,26)(H,23,24). The molecule has 1 atom stereocenters. The van der Waals surface area contributed by atoms with Gasteiger partial charge in [0.2, 0.25) is 0 Å². The van der Waals surface area contributed by atoms with Gasteiger partial charge in [0, 0.05) is 6.54 Å². The van der Waals surface area contributed by atoms with Crippen LogP contribution >= 0.6 is 0 Å². The monoisotopic (exact) mass is 352 g/mol. The first-order valence-electron chi connectivity index (χ1n) is 8.89. The molecular formula is C20H21FN4O. The maximum absolute atomic E-state index is 14.0. The third kappa shape index (κ3) is 3.08. The summed E-state index contributed by atoms with van der Waals surface area (Å²) in [5.41, 5.74) is 7.42. The maximum Gasteiger partial charge on any atom is 0.253 e. The number of likely N-dealkylation sites (tertiary alicyclic amines) is 1. The third-order valence-corrected chi connectivity index (χ3v) is 5.03. The molecule has 4 rings (SSSR count). The number of hydrogen-bond donors (Lipinski definition) is 2. The Morgan fingerprint density at radius 3 is 2.81 bits per heavy atom. The van der Waals surface area contributed by atoms with Gasteiger partial charge in [0.1, 0.15) is 22.7 Å². The van der Waals surface area contributed by atoms with Gasteiger partial charge in [-0.1, -0.05) is 36.8 Å². The number of hydrogen-bond acceptors (Lipinski definition) is 3. The molecule has 0 spiro atoms. The largest absolute Gasteiger partial charge is 0.365 e. The number of rotatable bonds is 4. The summed E-state index contributed by atoms with van der Waals surface area (Å²) in [5.74, 6) is -0.660. The molecule has 0 radical (unpaired) electrons. The normalized spacial score (nSPS) is 18.3. The van der Waals surface area contributed by atoms with Crippen molar-refractivity contribution in [1.82, 2.24) is 14.9 Å². The van der Waals surface area contributed by atoms with Crippen molar-refractivity contribution in [2.45, 2.75) is 31.8 Å². The van der Waals surface area contributed by atoms with E-state index in [0.29, 0.717) is 11.0 Å². The maximum atomic E-state index is 14.0. The molecule has 3 aromatic rings. The van der Waals surface area contributed by atoms with E-state index in [1.165, 1.54) is 11.6 Å². The lowest BCUT2D eigenvalue weighted by Gasteiger charge is -2.34. The summed E-state index contributed by atoms with van der Waals surface area (Å²) in [6.45, 7) is 1.81. The Balaban J connectivity index is 1.70. The van der Waals surface area contributed by atoms with Crippen molar-refractivity contribution in [3.63, 3.8) is 0 Å². The summed E-state index contributed by atoms with van der Waals surface area (Å²) in [4.78, 5) is 21.9. The summed E-state index contributed by atoms with van der Waals surface area (Å²) in [6.07, 6.45) is 3.23. The van der Waals surface area contributed by atoms with Gasteiger partial charge in [-0.3, -0.25) is 9.69 Å². The summed E-state index contributed by atoms with van der Waals surface area (Å²) in [6, 6.07) is 13.3. The highest BCUT2D eigenvalue weighted by Gasteiger charge is 2.27. The van der Waals surface area contributed by atoms with E-state index in [9.17, 15) is 9.18 Å². The summed E-state index contributed by atoms with van der Waals surface area (Å²) >= 11 is 0. The Hall–Kier alpha value is -2.73. The van der Waals surface area contributed by atoms with Crippen molar-refractivity contribution >= 4 is 16.9 Å². The first-order chi connectivity index (χ1) is 12.6. The van der Waals surface area contributed by atoms with Crippen molar-refractivity contribution in [2.75, 3.05) is 6.54 Å². The third-order valence-electron chi connectivity index (χ3n) is 5.03. The number of amides is 1. The van der Waals surface area contributed by atoms with Gasteiger partial charge < -0.3 is 10.7 Å². The number of piperidine rings is 1. The number of nitrogens with one attached hydrogen (secondary N) is 1. The molecule has 1 aliphatic rings. The molecule has 1 unspecified atom stereocenters. The number of nitrogens with two attached hydrogens (primary N) is 1. The molecule has 0 bridgehead atoms. The first kappa shape index (κ1) is 16.7. The van der Waals surface area contributed by atoms with E-state index in [1.807, 2.05) is 18.2 Å². The van der Waals surface area contributed by atoms with Crippen LogP contribution in [0.3, 0.4) is 0 Å². The number of aromatic nitrogens is 2. The van der Waals surface area contributed by atoms with Crippen LogP contribution in [0.4, 0.5) is 4.39 Å². The molecule has 1 amide bonds. The van der Waals surface area contributed by atoms with Crippen LogP contribution in [0.5, 0.6) is 0 Å². The second-order valence-electron chi connectivity index (χ2n) is 6.77. The highest BCUT2D eigenvalue weighted by atomic mass is 19.1. The molecule has 1 fully saturated rings. The van der Waals surface area contributed by atoms with Gasteiger partial charge in [-0.15, -0.1) is 0 Å². The lowest BCUT2D eigenvalue weighted by Crippen LogP contribution is -2.33. The second kappa shape index (κ2) is 6.88. The number of nitrogens with zero attached hydrogens (tertiary/aromatic N) is 2. The molecule has 5 nitrogen and oxygen atoms in total. The summed E-state index contributed by atoms with van der Waals surface area (Å²) in [5, 5.41) is 0. The average Bonchev–Trinajstić information content (AvgIpc) is 3.06. The van der Waals surface area contributed by atoms with Crippen molar-refractivity contribution in [1.29, 1.82) is 0 Å². The predicted octanol–water partition coefficient (Wildman–Crippen LogP) is 3.53. The lowest BCUT2D eigenvalue weighted by molar-refractivity contribution is 0.0998. The van der Waals surface area contributed by atoms with Crippen LogP contribution in [0.25, 0.3) is 11.0 Å². The van der Waals surface area contributed by atoms with Crippen LogP contribution in [0, 0.1) is 5.82 Å². The molecule has 1 saturated heterocycles. The summed E-state index contributed by atoms with van der Waals surface area (Å²) < 4.78 is 14.0. The number of carbonyl (C=O) groups is 1. The van der Waals surface area contributed by atoms with Crippen molar-refractivity contribution in [3.8, 4) is 0 Å². The minimum Gasteiger partial charge on any atom is -0.365 e. The smallest absolute Gasteiger partial charge is 0.253 e. The van der Waals surface area contributed by atoms with E-state index < -0.39 is 11.7 Å². The average molecular weight is 352 g/mol. The molecular weight excluding hydrogens is 331 g/mol. The number of H-pyrrole nitrogens is 1. The van der Waals surface area contributed by atoms with E-state index in [1.54, 1.807) is 6.07 Å². The van der Waals surface area contributed by atoms with Gasteiger partial charge in [0.25, 0.3) is 5.91 Å². The zero-order chi connectivity index (χ0) is 18.1. The van der Waals surface area contributed by atoms with Crippen LogP contribution in [0.2, 0.25) is 0 Å². The van der Waals surface area contributed by atoms with Gasteiger partial charge in [0.05, 0.1) is 11.6 Å². The Kier molecular flexibility index (Phi) is 4.42. The van der Waals surface area contributed by atoms with Gasteiger partial charge in [-0.05, 0) is 37.1 Å². The van der Waals surface area contributed by atoms with Crippen molar-refractivity contribution in [3.05, 3.63) is 65.2 Å².